The third kappa shape index (κ3) is 2.02. The number of nitrogens with one attached hydrogen (secondary N) is 1. The van der Waals surface area contributed by atoms with Crippen molar-refractivity contribution in [2.24, 2.45) is 0 Å². The van der Waals surface area contributed by atoms with Gasteiger partial charge in [-0.1, -0.05) is 11.6 Å². The predicted molar refractivity (Wildman–Crippen MR) is 65.6 cm³/mol. The summed E-state index contributed by atoms with van der Waals surface area (Å²) in [5.74, 6) is -0.515. The van der Waals surface area contributed by atoms with E-state index in [1.165, 1.54) is 18.3 Å². The summed E-state index contributed by atoms with van der Waals surface area (Å²) in [6.45, 7) is 2.57. The number of hydrogen-bond donors (Lipinski definition) is 1. The van der Waals surface area contributed by atoms with Gasteiger partial charge < -0.3 is 5.32 Å². The number of anilines is 1. The molecule has 0 spiro atoms. The summed E-state index contributed by atoms with van der Waals surface area (Å²) in [6.07, 6.45) is 1.42. The molecule has 0 aliphatic carbocycles. The molecule has 2 rings (SSSR count). The maximum atomic E-state index is 13.3. The molecule has 0 saturated heterocycles. The highest BCUT2D eigenvalue weighted by Gasteiger charge is 2.11. The van der Waals surface area contributed by atoms with E-state index in [1.807, 2.05) is 13.0 Å². The number of benzene rings is 1. The van der Waals surface area contributed by atoms with Crippen LogP contribution in [0.1, 0.15) is 12.5 Å². The molecule has 1 aromatic heterocycles. The summed E-state index contributed by atoms with van der Waals surface area (Å²) in [7, 11) is 0. The van der Waals surface area contributed by atoms with Gasteiger partial charge in [-0.25, -0.2) is 4.39 Å². The lowest BCUT2D eigenvalue weighted by Gasteiger charge is -2.09. The van der Waals surface area contributed by atoms with Crippen molar-refractivity contribution in [1.29, 1.82) is 5.26 Å². The van der Waals surface area contributed by atoms with E-state index in [0.717, 1.165) is 0 Å². The van der Waals surface area contributed by atoms with Gasteiger partial charge in [-0.05, 0) is 13.0 Å². The standard InChI is InChI=1S/C12H9ClFN3/c1-2-16-12-7(5-15)6-17-11-4-10(14)9(13)3-8(11)12/h3-4,6H,2H2,1H3,(H,16,17). The zero-order valence-electron chi connectivity index (χ0n) is 9.09. The highest BCUT2D eigenvalue weighted by molar-refractivity contribution is 6.31. The van der Waals surface area contributed by atoms with Crippen LogP contribution < -0.4 is 5.32 Å². The maximum Gasteiger partial charge on any atom is 0.143 e. The van der Waals surface area contributed by atoms with Gasteiger partial charge >= 0.3 is 0 Å². The van der Waals surface area contributed by atoms with E-state index in [0.29, 0.717) is 28.7 Å². The first-order valence-corrected chi connectivity index (χ1v) is 5.47. The van der Waals surface area contributed by atoms with Crippen molar-refractivity contribution in [1.82, 2.24) is 4.98 Å². The number of nitriles is 1. The molecule has 1 N–H and O–H groups in total. The minimum atomic E-state index is -0.515. The number of nitrogens with zero attached hydrogens (tertiary/aromatic N) is 2. The molecule has 1 aromatic carbocycles. The largest absolute Gasteiger partial charge is 0.384 e. The Balaban J connectivity index is 2.80. The Morgan fingerprint density at radius 3 is 2.94 bits per heavy atom. The van der Waals surface area contributed by atoms with Gasteiger partial charge in [0.1, 0.15) is 11.9 Å². The fourth-order valence-electron chi connectivity index (χ4n) is 1.64. The van der Waals surface area contributed by atoms with Crippen LogP contribution in [0.5, 0.6) is 0 Å². The molecule has 86 valence electrons. The smallest absolute Gasteiger partial charge is 0.143 e. The Labute approximate surface area is 103 Å². The Morgan fingerprint density at radius 1 is 1.53 bits per heavy atom. The van der Waals surface area contributed by atoms with Crippen molar-refractivity contribution in [3.63, 3.8) is 0 Å². The normalized spacial score (nSPS) is 10.2. The second kappa shape index (κ2) is 4.56. The van der Waals surface area contributed by atoms with E-state index < -0.39 is 5.82 Å². The van der Waals surface area contributed by atoms with Gasteiger partial charge in [-0.3, -0.25) is 4.98 Å². The third-order valence-electron chi connectivity index (χ3n) is 2.38. The van der Waals surface area contributed by atoms with Gasteiger partial charge in [0.15, 0.2) is 0 Å². The van der Waals surface area contributed by atoms with Crippen LogP contribution in [-0.4, -0.2) is 11.5 Å². The number of aromatic nitrogens is 1. The predicted octanol–water partition coefficient (Wildman–Crippen LogP) is 3.33. The lowest BCUT2D eigenvalue weighted by atomic mass is 10.1. The molecule has 0 aliphatic rings. The summed E-state index contributed by atoms with van der Waals surface area (Å²) in [4.78, 5) is 4.04. The zero-order chi connectivity index (χ0) is 12.4. The first kappa shape index (κ1) is 11.6. The Kier molecular flexibility index (Phi) is 3.12. The van der Waals surface area contributed by atoms with Gasteiger partial charge in [0, 0.05) is 24.2 Å². The second-order valence-corrected chi connectivity index (χ2v) is 3.88. The van der Waals surface area contributed by atoms with Gasteiger partial charge in [0.05, 0.1) is 21.8 Å². The van der Waals surface area contributed by atoms with Crippen molar-refractivity contribution in [2.45, 2.75) is 6.92 Å². The van der Waals surface area contributed by atoms with Crippen molar-refractivity contribution >= 4 is 28.2 Å². The molecular formula is C12H9ClFN3. The molecule has 0 radical (unpaired) electrons. The molecule has 0 fully saturated rings. The highest BCUT2D eigenvalue weighted by atomic mass is 35.5. The van der Waals surface area contributed by atoms with Crippen LogP contribution in [0.25, 0.3) is 10.9 Å². The average Bonchev–Trinajstić information content (AvgIpc) is 2.32. The first-order valence-electron chi connectivity index (χ1n) is 5.09. The van der Waals surface area contributed by atoms with Crippen molar-refractivity contribution in [3.05, 3.63) is 34.7 Å². The van der Waals surface area contributed by atoms with E-state index in [1.54, 1.807) is 0 Å². The monoisotopic (exact) mass is 249 g/mol. The van der Waals surface area contributed by atoms with Crippen molar-refractivity contribution in [2.75, 3.05) is 11.9 Å². The van der Waals surface area contributed by atoms with Crippen LogP contribution in [0.4, 0.5) is 10.1 Å². The fourth-order valence-corrected chi connectivity index (χ4v) is 1.80. The Bertz CT molecular complexity index is 619. The second-order valence-electron chi connectivity index (χ2n) is 3.47. The van der Waals surface area contributed by atoms with E-state index >= 15 is 0 Å². The molecule has 0 bridgehead atoms. The maximum absolute atomic E-state index is 13.3. The molecule has 0 unspecified atom stereocenters. The molecule has 1 heterocycles. The van der Waals surface area contributed by atoms with Crippen LogP contribution in [0.2, 0.25) is 5.02 Å². The van der Waals surface area contributed by atoms with Crippen molar-refractivity contribution in [3.8, 4) is 6.07 Å². The number of fused-ring (bicyclic) bond motifs is 1. The molecule has 5 heteroatoms. The van der Waals surface area contributed by atoms with Crippen LogP contribution >= 0.6 is 11.6 Å². The summed E-state index contributed by atoms with van der Waals surface area (Å²) >= 11 is 5.74. The average molecular weight is 250 g/mol. The quantitative estimate of drug-likeness (QED) is 0.888. The van der Waals surface area contributed by atoms with E-state index in [-0.39, 0.29) is 5.02 Å². The summed E-state index contributed by atoms with van der Waals surface area (Å²) in [5, 5.41) is 12.7. The minimum absolute atomic E-state index is 0.0218. The first-order chi connectivity index (χ1) is 8.17. The van der Waals surface area contributed by atoms with E-state index in [2.05, 4.69) is 10.3 Å². The summed E-state index contributed by atoms with van der Waals surface area (Å²) in [5.41, 5.74) is 1.53. The molecule has 0 aliphatic heterocycles. The van der Waals surface area contributed by atoms with Gasteiger partial charge in [-0.2, -0.15) is 5.26 Å². The number of hydrogen-bond acceptors (Lipinski definition) is 3. The Morgan fingerprint density at radius 2 is 2.29 bits per heavy atom. The van der Waals surface area contributed by atoms with E-state index in [4.69, 9.17) is 16.9 Å². The van der Waals surface area contributed by atoms with Gasteiger partial charge in [0.25, 0.3) is 0 Å². The van der Waals surface area contributed by atoms with Crippen LogP contribution in [0, 0.1) is 17.1 Å². The van der Waals surface area contributed by atoms with Gasteiger partial charge in [-0.15, -0.1) is 0 Å². The van der Waals surface area contributed by atoms with Crippen LogP contribution in [0.3, 0.4) is 0 Å². The minimum Gasteiger partial charge on any atom is -0.384 e. The van der Waals surface area contributed by atoms with Crippen LogP contribution in [-0.2, 0) is 0 Å². The molecule has 0 saturated carbocycles. The van der Waals surface area contributed by atoms with Crippen molar-refractivity contribution < 1.29 is 4.39 Å². The fraction of sp³-hybridized carbons (Fsp3) is 0.167. The molecular weight excluding hydrogens is 241 g/mol. The van der Waals surface area contributed by atoms with Gasteiger partial charge in [0.2, 0.25) is 0 Å². The lowest BCUT2D eigenvalue weighted by Crippen LogP contribution is -2.01. The molecule has 0 atom stereocenters. The Hall–Kier alpha value is -1.86. The zero-order valence-corrected chi connectivity index (χ0v) is 9.85. The molecule has 0 amide bonds. The van der Waals surface area contributed by atoms with Crippen LogP contribution in [0.15, 0.2) is 18.3 Å². The number of halogens is 2. The molecule has 2 aromatic rings. The third-order valence-corrected chi connectivity index (χ3v) is 2.67. The lowest BCUT2D eigenvalue weighted by molar-refractivity contribution is 0.630. The molecule has 3 nitrogen and oxygen atoms in total. The number of pyridine rings is 1. The van der Waals surface area contributed by atoms with E-state index in [9.17, 15) is 4.39 Å². The summed E-state index contributed by atoms with van der Waals surface area (Å²) in [6, 6.07) is 4.79. The number of rotatable bonds is 2. The topological polar surface area (TPSA) is 48.7 Å². The molecule has 17 heavy (non-hydrogen) atoms. The SMILES string of the molecule is CCNc1c(C#N)cnc2cc(F)c(Cl)cc12. The summed E-state index contributed by atoms with van der Waals surface area (Å²) < 4.78 is 13.3. The highest BCUT2D eigenvalue weighted by Crippen LogP contribution is 2.29.